The van der Waals surface area contributed by atoms with E-state index in [1.165, 1.54) is 0 Å². The van der Waals surface area contributed by atoms with E-state index in [0.29, 0.717) is 16.3 Å². The van der Waals surface area contributed by atoms with Gasteiger partial charge in [0.2, 0.25) is 5.78 Å². The lowest BCUT2D eigenvalue weighted by atomic mass is 10.1. The third-order valence-corrected chi connectivity index (χ3v) is 3.23. The summed E-state index contributed by atoms with van der Waals surface area (Å²) in [4.78, 5) is 12.1. The Morgan fingerprint density at radius 2 is 1.72 bits per heavy atom. The number of benzene rings is 2. The molecule has 1 heterocycles. The minimum Gasteiger partial charge on any atom is -0.352 e. The molecular weight excluding hydrogens is 246 g/mol. The number of ketones is 1. The van der Waals surface area contributed by atoms with Gasteiger partial charge < -0.3 is 5.32 Å². The zero-order valence-electron chi connectivity index (χ0n) is 9.48. The number of hydrogen-bond donors (Lipinski definition) is 1. The fourth-order valence-corrected chi connectivity index (χ4v) is 2.18. The van der Waals surface area contributed by atoms with E-state index in [2.05, 4.69) is 5.32 Å². The van der Waals surface area contributed by atoms with Crippen LogP contribution in [-0.4, -0.2) is 5.78 Å². The molecule has 0 saturated heterocycles. The third kappa shape index (κ3) is 1.81. The summed E-state index contributed by atoms with van der Waals surface area (Å²) in [6.45, 7) is 0. The number of carbonyl (C=O) groups excluding carboxylic acids is 1. The van der Waals surface area contributed by atoms with Crippen LogP contribution in [0.3, 0.4) is 0 Å². The molecule has 2 aromatic carbocycles. The highest BCUT2D eigenvalue weighted by atomic mass is 35.5. The fraction of sp³-hybridized carbons (Fsp3) is 0. The molecule has 0 saturated carbocycles. The molecule has 18 heavy (non-hydrogen) atoms. The van der Waals surface area contributed by atoms with Gasteiger partial charge >= 0.3 is 0 Å². The Morgan fingerprint density at radius 3 is 2.50 bits per heavy atom. The molecule has 0 fully saturated rings. The second kappa shape index (κ2) is 4.31. The summed E-state index contributed by atoms with van der Waals surface area (Å²) < 4.78 is 0. The van der Waals surface area contributed by atoms with Crippen molar-refractivity contribution in [3.05, 3.63) is 70.4 Å². The van der Waals surface area contributed by atoms with Crippen LogP contribution >= 0.6 is 11.6 Å². The monoisotopic (exact) mass is 255 g/mol. The first-order valence-corrected chi connectivity index (χ1v) is 6.00. The Morgan fingerprint density at radius 1 is 1.00 bits per heavy atom. The molecule has 1 aliphatic rings. The molecule has 3 rings (SSSR count). The normalized spacial score (nSPS) is 15.6. The Balaban J connectivity index is 2.02. The minimum atomic E-state index is 0.00511. The largest absolute Gasteiger partial charge is 0.352 e. The van der Waals surface area contributed by atoms with Crippen LogP contribution in [0, 0.1) is 0 Å². The number of fused-ring (bicyclic) bond motifs is 1. The fourth-order valence-electron chi connectivity index (χ4n) is 1.99. The van der Waals surface area contributed by atoms with Gasteiger partial charge in [0.05, 0.1) is 5.70 Å². The SMILES string of the molecule is O=C1/C(=C\c2ccccc2Cl)Nc2ccccc21. The van der Waals surface area contributed by atoms with Gasteiger partial charge in [-0.3, -0.25) is 4.79 Å². The van der Waals surface area contributed by atoms with Gasteiger partial charge in [-0.15, -0.1) is 0 Å². The quantitative estimate of drug-likeness (QED) is 0.781. The first kappa shape index (κ1) is 11.1. The van der Waals surface area contributed by atoms with Crippen molar-refractivity contribution in [2.24, 2.45) is 0 Å². The summed E-state index contributed by atoms with van der Waals surface area (Å²) in [7, 11) is 0. The summed E-state index contributed by atoms with van der Waals surface area (Å²) in [6.07, 6.45) is 1.78. The molecule has 0 radical (unpaired) electrons. The summed E-state index contributed by atoms with van der Waals surface area (Å²) in [5, 5.41) is 3.75. The van der Waals surface area contributed by atoms with Crippen LogP contribution in [0.4, 0.5) is 5.69 Å². The predicted molar refractivity (Wildman–Crippen MR) is 73.8 cm³/mol. The van der Waals surface area contributed by atoms with Crippen molar-refractivity contribution < 1.29 is 4.79 Å². The third-order valence-electron chi connectivity index (χ3n) is 2.89. The molecule has 1 aliphatic heterocycles. The lowest BCUT2D eigenvalue weighted by Crippen LogP contribution is -1.99. The van der Waals surface area contributed by atoms with Gasteiger partial charge in [0, 0.05) is 16.3 Å². The standard InChI is InChI=1S/C15H10ClNO/c16-12-7-3-1-5-10(12)9-14-15(18)11-6-2-4-8-13(11)17-14/h1-9,17H/b14-9+. The van der Waals surface area contributed by atoms with Crippen LogP contribution in [0.5, 0.6) is 0 Å². The molecule has 2 nitrogen and oxygen atoms in total. The van der Waals surface area contributed by atoms with Crippen LogP contribution in [0.1, 0.15) is 15.9 Å². The second-order valence-electron chi connectivity index (χ2n) is 4.08. The van der Waals surface area contributed by atoms with E-state index in [1.807, 2.05) is 42.5 Å². The molecule has 0 spiro atoms. The highest BCUT2D eigenvalue weighted by Gasteiger charge is 2.23. The van der Waals surface area contributed by atoms with Crippen molar-refractivity contribution >= 4 is 29.1 Å². The zero-order valence-corrected chi connectivity index (χ0v) is 10.2. The van der Waals surface area contributed by atoms with Crippen molar-refractivity contribution in [2.45, 2.75) is 0 Å². The highest BCUT2D eigenvalue weighted by molar-refractivity contribution is 6.32. The van der Waals surface area contributed by atoms with Gasteiger partial charge in [-0.2, -0.15) is 0 Å². The van der Waals surface area contributed by atoms with E-state index in [0.717, 1.165) is 11.3 Å². The van der Waals surface area contributed by atoms with Gasteiger partial charge in [-0.1, -0.05) is 41.9 Å². The van der Waals surface area contributed by atoms with Crippen LogP contribution in [0.2, 0.25) is 5.02 Å². The number of carbonyl (C=O) groups is 1. The maximum Gasteiger partial charge on any atom is 0.211 e. The molecule has 2 aromatic rings. The molecule has 0 aliphatic carbocycles. The number of halogens is 1. The van der Waals surface area contributed by atoms with Crippen LogP contribution in [0.25, 0.3) is 6.08 Å². The number of rotatable bonds is 1. The maximum absolute atomic E-state index is 12.1. The Kier molecular flexibility index (Phi) is 2.65. The molecule has 0 atom stereocenters. The Labute approximate surface area is 110 Å². The topological polar surface area (TPSA) is 29.1 Å². The molecule has 0 aromatic heterocycles. The second-order valence-corrected chi connectivity index (χ2v) is 4.49. The maximum atomic E-state index is 12.1. The smallest absolute Gasteiger partial charge is 0.211 e. The number of Topliss-reactive ketones (excluding diaryl/α,β-unsaturated/α-hetero) is 1. The van der Waals surface area contributed by atoms with Crippen LogP contribution < -0.4 is 5.32 Å². The number of hydrogen-bond acceptors (Lipinski definition) is 2. The van der Waals surface area contributed by atoms with Crippen molar-refractivity contribution in [1.82, 2.24) is 0 Å². The first-order chi connectivity index (χ1) is 8.75. The van der Waals surface area contributed by atoms with Gasteiger partial charge in [0.1, 0.15) is 0 Å². The van der Waals surface area contributed by atoms with Gasteiger partial charge in [-0.25, -0.2) is 0 Å². The minimum absolute atomic E-state index is 0.00511. The highest BCUT2D eigenvalue weighted by Crippen LogP contribution is 2.29. The van der Waals surface area contributed by atoms with Crippen molar-refractivity contribution in [3.8, 4) is 0 Å². The van der Waals surface area contributed by atoms with E-state index >= 15 is 0 Å². The predicted octanol–water partition coefficient (Wildman–Crippen LogP) is 3.99. The van der Waals surface area contributed by atoms with Crippen molar-refractivity contribution in [2.75, 3.05) is 5.32 Å². The molecule has 0 unspecified atom stereocenters. The van der Waals surface area contributed by atoms with E-state index in [4.69, 9.17) is 11.6 Å². The summed E-state index contributed by atoms with van der Waals surface area (Å²) in [5.41, 5.74) is 2.95. The van der Waals surface area contributed by atoms with E-state index in [1.54, 1.807) is 12.1 Å². The van der Waals surface area contributed by atoms with E-state index in [-0.39, 0.29) is 5.78 Å². The first-order valence-electron chi connectivity index (χ1n) is 5.63. The lowest BCUT2D eigenvalue weighted by molar-refractivity contribution is 0.104. The van der Waals surface area contributed by atoms with Crippen molar-refractivity contribution in [3.63, 3.8) is 0 Å². The molecule has 88 valence electrons. The summed E-state index contributed by atoms with van der Waals surface area (Å²) >= 11 is 6.08. The van der Waals surface area contributed by atoms with Crippen LogP contribution in [0.15, 0.2) is 54.2 Å². The molecule has 0 amide bonds. The zero-order chi connectivity index (χ0) is 12.5. The average Bonchev–Trinajstić information content (AvgIpc) is 2.70. The van der Waals surface area contributed by atoms with E-state index in [9.17, 15) is 4.79 Å². The van der Waals surface area contributed by atoms with Gasteiger partial charge in [0.25, 0.3) is 0 Å². The van der Waals surface area contributed by atoms with Gasteiger partial charge in [-0.05, 0) is 29.8 Å². The molecule has 1 N–H and O–H groups in total. The van der Waals surface area contributed by atoms with E-state index < -0.39 is 0 Å². The number of allylic oxidation sites excluding steroid dienone is 1. The number of nitrogens with one attached hydrogen (secondary N) is 1. The molecule has 0 bridgehead atoms. The Hall–Kier alpha value is -2.06. The molecular formula is C15H10ClNO. The summed E-state index contributed by atoms with van der Waals surface area (Å²) in [5.74, 6) is 0.00511. The average molecular weight is 256 g/mol. The lowest BCUT2D eigenvalue weighted by Gasteiger charge is -2.00. The Bertz CT molecular complexity index is 661. The van der Waals surface area contributed by atoms with Crippen molar-refractivity contribution in [1.29, 1.82) is 0 Å². The van der Waals surface area contributed by atoms with Crippen LogP contribution in [-0.2, 0) is 0 Å². The number of para-hydroxylation sites is 1. The molecule has 3 heteroatoms. The van der Waals surface area contributed by atoms with Gasteiger partial charge in [0.15, 0.2) is 0 Å². The number of anilines is 1. The summed E-state index contributed by atoms with van der Waals surface area (Å²) in [6, 6.07) is 14.9.